The van der Waals surface area contributed by atoms with Crippen LogP contribution >= 0.6 is 15.6 Å². The summed E-state index contributed by atoms with van der Waals surface area (Å²) < 4.78 is 68.5. The highest BCUT2D eigenvalue weighted by molar-refractivity contribution is 7.47. The third-order valence-corrected chi connectivity index (χ3v) is 17.8. The van der Waals surface area contributed by atoms with Crippen molar-refractivity contribution in [1.82, 2.24) is 0 Å². The van der Waals surface area contributed by atoms with Crippen LogP contribution in [0.15, 0.2) is 122 Å². The number of unbranched alkanes of at least 4 members (excludes halogenated alkanes) is 26. The van der Waals surface area contributed by atoms with E-state index in [0.29, 0.717) is 25.7 Å². The number of esters is 4. The SMILES string of the molecule is CC/C=C\C/C=C\C/C=C\C/C=C\CCCCCCC(=O)OCC(COP(=O)(O)OCC(O)COP(=O)(O)OCC(COC(=O)CCCCCCC/C=C\C/C=C\CCCCC)OC(=O)CCCCCCC/C=C\C/C=C\CCCCC)OC(=O)CCCCCCC/C=C\C/C=C\CCC. The zero-order valence-electron chi connectivity index (χ0n) is 62.6. The Balaban J connectivity index is 5.40. The number of rotatable bonds is 72. The molecule has 0 saturated heterocycles. The number of hydrogen-bond donors (Lipinski definition) is 3. The summed E-state index contributed by atoms with van der Waals surface area (Å²) in [5, 5.41) is 10.6. The van der Waals surface area contributed by atoms with E-state index in [4.69, 9.17) is 37.0 Å². The highest BCUT2D eigenvalue weighted by Gasteiger charge is 2.30. The summed E-state index contributed by atoms with van der Waals surface area (Å²) >= 11 is 0. The average Bonchev–Trinajstić information content (AvgIpc) is 0.965. The first-order chi connectivity index (χ1) is 48.7. The van der Waals surface area contributed by atoms with Gasteiger partial charge in [-0.15, -0.1) is 0 Å². The number of aliphatic hydroxyl groups excluding tert-OH is 1. The van der Waals surface area contributed by atoms with Crippen LogP contribution in [0.3, 0.4) is 0 Å². The lowest BCUT2D eigenvalue weighted by Gasteiger charge is -2.21. The smallest absolute Gasteiger partial charge is 0.462 e. The molecule has 0 radical (unpaired) electrons. The molecule has 0 spiro atoms. The molecule has 5 unspecified atom stereocenters. The topological polar surface area (TPSA) is 237 Å². The lowest BCUT2D eigenvalue weighted by Crippen LogP contribution is -2.30. The molecule has 17 nitrogen and oxygen atoms in total. The molecular formula is C81H138O17P2. The van der Waals surface area contributed by atoms with E-state index >= 15 is 0 Å². The Hall–Kier alpha value is -4.54. The molecule has 0 aromatic carbocycles. The van der Waals surface area contributed by atoms with Gasteiger partial charge in [0.2, 0.25) is 0 Å². The highest BCUT2D eigenvalue weighted by Crippen LogP contribution is 2.45. The molecule has 0 bridgehead atoms. The van der Waals surface area contributed by atoms with Crippen LogP contribution in [0.5, 0.6) is 0 Å². The van der Waals surface area contributed by atoms with Crippen molar-refractivity contribution in [3.63, 3.8) is 0 Å². The summed E-state index contributed by atoms with van der Waals surface area (Å²) in [6.07, 6.45) is 78.9. The molecule has 0 fully saturated rings. The summed E-state index contributed by atoms with van der Waals surface area (Å²) in [5.41, 5.74) is 0. The van der Waals surface area contributed by atoms with Crippen LogP contribution in [0.1, 0.15) is 310 Å². The minimum Gasteiger partial charge on any atom is -0.462 e. The van der Waals surface area contributed by atoms with Gasteiger partial charge in [-0.1, -0.05) is 252 Å². The molecule has 0 aliphatic heterocycles. The monoisotopic (exact) mass is 1440 g/mol. The van der Waals surface area contributed by atoms with Gasteiger partial charge in [0.05, 0.1) is 26.4 Å². The van der Waals surface area contributed by atoms with Crippen LogP contribution in [0.25, 0.3) is 0 Å². The van der Waals surface area contributed by atoms with Crippen LogP contribution in [0.4, 0.5) is 0 Å². The first kappa shape index (κ1) is 95.5. The first-order valence-electron chi connectivity index (χ1n) is 38.8. The maximum absolute atomic E-state index is 13.1. The molecule has 0 aromatic heterocycles. The molecule has 0 amide bonds. The summed E-state index contributed by atoms with van der Waals surface area (Å²) in [6.45, 7) is 4.57. The molecule has 0 aliphatic rings. The van der Waals surface area contributed by atoms with Gasteiger partial charge < -0.3 is 33.8 Å². The zero-order chi connectivity index (χ0) is 73.2. The van der Waals surface area contributed by atoms with Crippen molar-refractivity contribution in [3.05, 3.63) is 122 Å². The van der Waals surface area contributed by atoms with Gasteiger partial charge in [0.1, 0.15) is 19.3 Å². The van der Waals surface area contributed by atoms with Crippen LogP contribution in [-0.2, 0) is 65.4 Å². The standard InChI is InChI=1S/C81H138O17P2/c1-5-9-13-17-21-25-29-33-36-37-40-43-46-50-54-58-62-66-79(84)92-71-76(97-80(85)67-63-59-55-51-47-41-32-28-24-20-16-12-8-4)73-95-99(87,88)93-69-75(82)70-94-100(89,90)96-74-77(98-81(86)68-64-60-56-52-48-44-39-35-31-27-23-19-15-11-7-3)72-91-78(83)65-61-57-53-49-45-42-38-34-30-26-22-18-14-10-6-2/h9,13,16,20-23,25-28,32-36,38-40,43,75-77,82H,5-8,10-12,14-15,17-19,24,29-31,37,41-42,44-74H2,1-4H3,(H,87,88)(H,89,90)/b13-9-,20-16-,25-21-,26-22-,27-23-,32-28-,36-33-,38-34-,39-35-,43-40-. The Morgan fingerprint density at radius 3 is 0.840 bits per heavy atom. The van der Waals surface area contributed by atoms with E-state index in [0.717, 1.165) is 193 Å². The Bertz CT molecular complexity index is 2370. The number of phosphoric acid groups is 2. The largest absolute Gasteiger partial charge is 0.472 e. The third-order valence-electron chi connectivity index (χ3n) is 15.9. The fourth-order valence-corrected chi connectivity index (χ4v) is 11.5. The van der Waals surface area contributed by atoms with Crippen molar-refractivity contribution in [2.45, 2.75) is 329 Å². The maximum atomic E-state index is 13.1. The van der Waals surface area contributed by atoms with E-state index in [1.54, 1.807) is 0 Å². The predicted octanol–water partition coefficient (Wildman–Crippen LogP) is 22.3. The van der Waals surface area contributed by atoms with Gasteiger partial charge in [-0.2, -0.15) is 0 Å². The minimum absolute atomic E-state index is 0.0701. The minimum atomic E-state index is -4.99. The molecule has 0 aromatic rings. The molecule has 574 valence electrons. The van der Waals surface area contributed by atoms with E-state index in [9.17, 15) is 43.2 Å². The number of ether oxygens (including phenoxy) is 4. The normalized spacial score (nSPS) is 14.6. The predicted molar refractivity (Wildman–Crippen MR) is 408 cm³/mol. The quantitative estimate of drug-likeness (QED) is 0.0169. The van der Waals surface area contributed by atoms with Gasteiger partial charge in [-0.25, -0.2) is 9.13 Å². The van der Waals surface area contributed by atoms with Crippen molar-refractivity contribution in [2.24, 2.45) is 0 Å². The molecule has 0 heterocycles. The second-order valence-corrected chi connectivity index (χ2v) is 28.5. The second kappa shape index (κ2) is 72.8. The van der Waals surface area contributed by atoms with Crippen LogP contribution in [-0.4, -0.2) is 96.7 Å². The molecule has 3 N–H and O–H groups in total. The third kappa shape index (κ3) is 71.8. The van der Waals surface area contributed by atoms with Gasteiger partial charge >= 0.3 is 39.5 Å². The Kier molecular flexibility index (Phi) is 69.5. The van der Waals surface area contributed by atoms with Gasteiger partial charge in [-0.3, -0.25) is 37.3 Å². The van der Waals surface area contributed by atoms with Crippen LogP contribution in [0, 0.1) is 0 Å². The summed E-state index contributed by atoms with van der Waals surface area (Å²) in [4.78, 5) is 72.9. The Morgan fingerprint density at radius 2 is 0.540 bits per heavy atom. The van der Waals surface area contributed by atoms with E-state index in [1.807, 2.05) is 0 Å². The summed E-state index contributed by atoms with van der Waals surface area (Å²) in [6, 6.07) is 0. The maximum Gasteiger partial charge on any atom is 0.472 e. The van der Waals surface area contributed by atoms with E-state index in [-0.39, 0.29) is 25.7 Å². The fourth-order valence-electron chi connectivity index (χ4n) is 9.96. The lowest BCUT2D eigenvalue weighted by atomic mass is 10.1. The number of hydrogen-bond acceptors (Lipinski definition) is 15. The van der Waals surface area contributed by atoms with E-state index < -0.39 is 97.5 Å². The molecule has 0 rings (SSSR count). The highest BCUT2D eigenvalue weighted by atomic mass is 31.2. The number of aliphatic hydroxyl groups is 1. The van der Waals surface area contributed by atoms with Crippen molar-refractivity contribution >= 4 is 39.5 Å². The molecule has 0 aliphatic carbocycles. The van der Waals surface area contributed by atoms with Gasteiger partial charge in [0.15, 0.2) is 12.2 Å². The summed E-state index contributed by atoms with van der Waals surface area (Å²) in [7, 11) is -9.97. The van der Waals surface area contributed by atoms with Crippen molar-refractivity contribution < 1.29 is 80.2 Å². The average molecular weight is 1450 g/mol. The van der Waals surface area contributed by atoms with Gasteiger partial charge in [0, 0.05) is 25.7 Å². The Labute approximate surface area is 606 Å². The lowest BCUT2D eigenvalue weighted by molar-refractivity contribution is -0.161. The van der Waals surface area contributed by atoms with E-state index in [1.165, 1.54) is 38.5 Å². The fraction of sp³-hybridized carbons (Fsp3) is 0.704. The summed E-state index contributed by atoms with van der Waals surface area (Å²) in [5.74, 6) is -2.25. The van der Waals surface area contributed by atoms with Gasteiger partial charge in [-0.05, 0) is 154 Å². The van der Waals surface area contributed by atoms with Crippen molar-refractivity contribution in [3.8, 4) is 0 Å². The van der Waals surface area contributed by atoms with Crippen LogP contribution in [0.2, 0.25) is 0 Å². The van der Waals surface area contributed by atoms with Crippen molar-refractivity contribution in [2.75, 3.05) is 39.6 Å². The molecule has 0 saturated carbocycles. The van der Waals surface area contributed by atoms with E-state index in [2.05, 4.69) is 149 Å². The van der Waals surface area contributed by atoms with Crippen molar-refractivity contribution in [1.29, 1.82) is 0 Å². The number of allylic oxidation sites excluding steroid dienone is 20. The molecule has 5 atom stereocenters. The van der Waals surface area contributed by atoms with Crippen LogP contribution < -0.4 is 0 Å². The number of carbonyl (C=O) groups excluding carboxylic acids is 4. The molecule has 100 heavy (non-hydrogen) atoms. The van der Waals surface area contributed by atoms with Gasteiger partial charge in [0.25, 0.3) is 0 Å². The molecule has 19 heteroatoms. The molecular weight excluding hydrogens is 1310 g/mol. The second-order valence-electron chi connectivity index (χ2n) is 25.6. The number of phosphoric ester groups is 2. The first-order valence-corrected chi connectivity index (χ1v) is 41.8. The number of carbonyl (C=O) groups is 4. The zero-order valence-corrected chi connectivity index (χ0v) is 64.4. The Morgan fingerprint density at radius 1 is 0.290 bits per heavy atom.